The van der Waals surface area contributed by atoms with Gasteiger partial charge in [-0.2, -0.15) is 4.98 Å². The summed E-state index contributed by atoms with van der Waals surface area (Å²) in [4.78, 5) is 4.27. The molecule has 2 aromatic rings. The summed E-state index contributed by atoms with van der Waals surface area (Å²) in [6, 6.07) is 4.09. The largest absolute Gasteiger partial charge is 0.339 e. The summed E-state index contributed by atoms with van der Waals surface area (Å²) in [6.07, 6.45) is 0. The van der Waals surface area contributed by atoms with Gasteiger partial charge in [-0.05, 0) is 33.6 Å². The Morgan fingerprint density at radius 3 is 2.58 bits per heavy atom. The first kappa shape index (κ1) is 14.1. The van der Waals surface area contributed by atoms with Gasteiger partial charge in [0, 0.05) is 5.41 Å². The van der Waals surface area contributed by atoms with Crippen LogP contribution in [0.5, 0.6) is 0 Å². The summed E-state index contributed by atoms with van der Waals surface area (Å²) in [5, 5.41) is 3.87. The Morgan fingerprint density at radius 2 is 2.05 bits per heavy atom. The van der Waals surface area contributed by atoms with E-state index in [1.54, 1.807) is 12.1 Å². The molecule has 19 heavy (non-hydrogen) atoms. The van der Waals surface area contributed by atoms with Crippen LogP contribution in [0.15, 0.2) is 27.2 Å². The molecular formula is C13H15BrFN3O. The van der Waals surface area contributed by atoms with Gasteiger partial charge in [0.05, 0.1) is 10.5 Å². The van der Waals surface area contributed by atoms with Crippen molar-refractivity contribution in [2.45, 2.75) is 32.2 Å². The quantitative estimate of drug-likeness (QED) is 0.918. The van der Waals surface area contributed by atoms with E-state index in [4.69, 9.17) is 10.3 Å². The fourth-order valence-corrected chi connectivity index (χ4v) is 1.77. The van der Waals surface area contributed by atoms with Crippen molar-refractivity contribution in [3.63, 3.8) is 0 Å². The molecule has 0 aliphatic heterocycles. The second-order valence-electron chi connectivity index (χ2n) is 5.36. The molecule has 0 radical (unpaired) electrons. The molecule has 6 heteroatoms. The molecule has 1 aromatic heterocycles. The van der Waals surface area contributed by atoms with E-state index in [9.17, 15) is 4.39 Å². The smallest absolute Gasteiger partial charge is 0.232 e. The summed E-state index contributed by atoms with van der Waals surface area (Å²) >= 11 is 3.10. The average molecular weight is 328 g/mol. The van der Waals surface area contributed by atoms with E-state index in [1.807, 2.05) is 20.8 Å². The Morgan fingerprint density at radius 1 is 1.37 bits per heavy atom. The lowest BCUT2D eigenvalue weighted by atomic mass is 9.97. The molecule has 0 saturated heterocycles. The lowest BCUT2D eigenvalue weighted by molar-refractivity contribution is 0.317. The third-order valence-electron chi connectivity index (χ3n) is 2.66. The first-order chi connectivity index (χ1) is 8.79. The molecule has 0 amide bonds. The monoisotopic (exact) mass is 327 g/mol. The van der Waals surface area contributed by atoms with E-state index in [1.165, 1.54) is 6.07 Å². The van der Waals surface area contributed by atoms with Gasteiger partial charge in [-0.15, -0.1) is 0 Å². The van der Waals surface area contributed by atoms with Gasteiger partial charge in [-0.25, -0.2) is 4.39 Å². The highest BCUT2D eigenvalue weighted by molar-refractivity contribution is 9.10. The zero-order chi connectivity index (χ0) is 14.2. The van der Waals surface area contributed by atoms with Crippen molar-refractivity contribution >= 4 is 15.9 Å². The molecule has 1 unspecified atom stereocenters. The highest BCUT2D eigenvalue weighted by Crippen LogP contribution is 2.25. The van der Waals surface area contributed by atoms with Crippen LogP contribution < -0.4 is 5.73 Å². The normalized spacial score (nSPS) is 13.6. The maximum absolute atomic E-state index is 13.5. The van der Waals surface area contributed by atoms with Crippen LogP contribution in [-0.2, 0) is 5.41 Å². The SMILES string of the molecule is CC(C)(C)c1nc(C(N)c2ccc(Br)c(F)c2)no1. The lowest BCUT2D eigenvalue weighted by Gasteiger charge is -2.11. The second-order valence-corrected chi connectivity index (χ2v) is 6.21. The van der Waals surface area contributed by atoms with E-state index in [-0.39, 0.29) is 11.2 Å². The molecule has 0 aliphatic carbocycles. The number of benzene rings is 1. The van der Waals surface area contributed by atoms with Crippen molar-refractivity contribution in [2.75, 3.05) is 0 Å². The van der Waals surface area contributed by atoms with Crippen LogP contribution in [0, 0.1) is 5.82 Å². The van der Waals surface area contributed by atoms with E-state index in [0.29, 0.717) is 21.8 Å². The Labute approximate surface area is 119 Å². The molecule has 0 aliphatic rings. The van der Waals surface area contributed by atoms with E-state index >= 15 is 0 Å². The minimum Gasteiger partial charge on any atom is -0.339 e. The van der Waals surface area contributed by atoms with Gasteiger partial charge >= 0.3 is 0 Å². The van der Waals surface area contributed by atoms with Crippen LogP contribution in [0.1, 0.15) is 44.1 Å². The van der Waals surface area contributed by atoms with Crippen LogP contribution in [0.3, 0.4) is 0 Å². The highest BCUT2D eigenvalue weighted by Gasteiger charge is 2.24. The molecule has 1 aromatic carbocycles. The minimum atomic E-state index is -0.609. The number of nitrogens with zero attached hydrogens (tertiary/aromatic N) is 2. The van der Waals surface area contributed by atoms with Gasteiger partial charge in [-0.3, -0.25) is 0 Å². The second kappa shape index (κ2) is 5.02. The van der Waals surface area contributed by atoms with Gasteiger partial charge < -0.3 is 10.3 Å². The first-order valence-electron chi connectivity index (χ1n) is 5.83. The summed E-state index contributed by atoms with van der Waals surface area (Å²) in [7, 11) is 0. The molecule has 2 rings (SSSR count). The summed E-state index contributed by atoms with van der Waals surface area (Å²) in [6.45, 7) is 5.90. The summed E-state index contributed by atoms with van der Waals surface area (Å²) < 4.78 is 19.1. The molecule has 0 spiro atoms. The van der Waals surface area contributed by atoms with Gasteiger partial charge in [0.25, 0.3) is 0 Å². The van der Waals surface area contributed by atoms with Gasteiger partial charge in [-0.1, -0.05) is 32.0 Å². The van der Waals surface area contributed by atoms with Crippen molar-refractivity contribution < 1.29 is 8.91 Å². The predicted molar refractivity (Wildman–Crippen MR) is 73.1 cm³/mol. The Bertz CT molecular complexity index is 592. The molecule has 0 fully saturated rings. The van der Waals surface area contributed by atoms with Crippen molar-refractivity contribution in [1.29, 1.82) is 0 Å². The third kappa shape index (κ3) is 3.01. The number of aromatic nitrogens is 2. The van der Waals surface area contributed by atoms with Gasteiger partial charge in [0.2, 0.25) is 5.89 Å². The number of nitrogens with two attached hydrogens (primary N) is 1. The zero-order valence-electron chi connectivity index (χ0n) is 10.9. The fraction of sp³-hybridized carbons (Fsp3) is 0.385. The van der Waals surface area contributed by atoms with Crippen LogP contribution in [0.2, 0.25) is 0 Å². The van der Waals surface area contributed by atoms with E-state index < -0.39 is 6.04 Å². The molecule has 0 bridgehead atoms. The lowest BCUT2D eigenvalue weighted by Crippen LogP contribution is -2.15. The molecule has 4 nitrogen and oxygen atoms in total. The number of hydrogen-bond donors (Lipinski definition) is 1. The van der Waals surface area contributed by atoms with Crippen molar-refractivity contribution in [2.24, 2.45) is 5.73 Å². The predicted octanol–water partition coefficient (Wildman–Crippen LogP) is 3.32. The highest BCUT2D eigenvalue weighted by atomic mass is 79.9. The Balaban J connectivity index is 2.31. The number of halogens is 2. The van der Waals surface area contributed by atoms with Crippen LogP contribution >= 0.6 is 15.9 Å². The molecule has 102 valence electrons. The maximum atomic E-state index is 13.5. The van der Waals surface area contributed by atoms with Crippen molar-refractivity contribution in [3.8, 4) is 0 Å². The van der Waals surface area contributed by atoms with Gasteiger partial charge in [0.1, 0.15) is 5.82 Å². The molecule has 1 atom stereocenters. The summed E-state index contributed by atoms with van der Waals surface area (Å²) in [5.41, 5.74) is 6.38. The molecular weight excluding hydrogens is 313 g/mol. The van der Waals surface area contributed by atoms with E-state index in [2.05, 4.69) is 26.1 Å². The topological polar surface area (TPSA) is 64.9 Å². The zero-order valence-corrected chi connectivity index (χ0v) is 12.5. The van der Waals surface area contributed by atoms with Gasteiger partial charge in [0.15, 0.2) is 5.82 Å². The number of hydrogen-bond acceptors (Lipinski definition) is 4. The van der Waals surface area contributed by atoms with Crippen molar-refractivity contribution in [3.05, 3.63) is 45.8 Å². The minimum absolute atomic E-state index is 0.240. The third-order valence-corrected chi connectivity index (χ3v) is 3.31. The van der Waals surface area contributed by atoms with Crippen LogP contribution in [0.4, 0.5) is 4.39 Å². The van der Waals surface area contributed by atoms with E-state index in [0.717, 1.165) is 0 Å². The fourth-order valence-electron chi connectivity index (χ4n) is 1.52. The Hall–Kier alpha value is -1.27. The Kier molecular flexibility index (Phi) is 3.73. The maximum Gasteiger partial charge on any atom is 0.232 e. The van der Waals surface area contributed by atoms with Crippen LogP contribution in [0.25, 0.3) is 0 Å². The molecule has 0 saturated carbocycles. The van der Waals surface area contributed by atoms with Crippen LogP contribution in [-0.4, -0.2) is 10.1 Å². The standard InChI is InChI=1S/C13H15BrFN3O/c1-13(2,3)12-17-11(18-19-12)10(16)7-4-5-8(14)9(15)6-7/h4-6,10H,16H2,1-3H3. The molecule has 2 N–H and O–H groups in total. The van der Waals surface area contributed by atoms with Crippen molar-refractivity contribution in [1.82, 2.24) is 10.1 Å². The average Bonchev–Trinajstić information content (AvgIpc) is 2.81. The first-order valence-corrected chi connectivity index (χ1v) is 6.63. The summed E-state index contributed by atoms with van der Waals surface area (Å²) in [5.74, 6) is 0.495. The molecule has 1 heterocycles. The number of rotatable bonds is 2.